The van der Waals surface area contributed by atoms with Gasteiger partial charge in [-0.2, -0.15) is 0 Å². The summed E-state index contributed by atoms with van der Waals surface area (Å²) in [5, 5.41) is 8.94. The molecule has 1 atom stereocenters. The number of hydrogen-bond acceptors (Lipinski definition) is 5. The number of nitrogens with one attached hydrogen (secondary N) is 2. The van der Waals surface area contributed by atoms with Crippen LogP contribution >= 0.6 is 11.8 Å². The topological polar surface area (TPSA) is 84.2 Å². The summed E-state index contributed by atoms with van der Waals surface area (Å²) in [6.45, 7) is 3.51. The fourth-order valence-electron chi connectivity index (χ4n) is 3.35. The van der Waals surface area contributed by atoms with E-state index in [0.717, 1.165) is 12.1 Å². The SMILES string of the molecule is Cc1cc(NC(=O)C(C)SCC(=O)Nc2ccc3c(c2)Cc2ccccc2-3)no1. The van der Waals surface area contributed by atoms with Crippen LogP contribution in [0.25, 0.3) is 11.1 Å². The quantitative estimate of drug-likeness (QED) is 0.499. The summed E-state index contributed by atoms with van der Waals surface area (Å²) >= 11 is 1.27. The van der Waals surface area contributed by atoms with Crippen LogP contribution in [0.15, 0.2) is 53.1 Å². The molecule has 0 spiro atoms. The summed E-state index contributed by atoms with van der Waals surface area (Å²) in [5.74, 6) is 0.832. The highest BCUT2D eigenvalue weighted by Gasteiger charge is 2.19. The van der Waals surface area contributed by atoms with Crippen molar-refractivity contribution < 1.29 is 14.1 Å². The Morgan fingerprint density at radius 3 is 2.69 bits per heavy atom. The number of nitrogens with zero attached hydrogens (tertiary/aromatic N) is 1. The second kappa shape index (κ2) is 8.13. The molecule has 0 fully saturated rings. The van der Waals surface area contributed by atoms with Crippen molar-refractivity contribution in [3.8, 4) is 11.1 Å². The standard InChI is InChI=1S/C22H21N3O3S/c1-13-9-20(25-28-13)24-22(27)14(2)29-12-21(26)23-17-7-8-19-16(11-17)10-15-5-3-4-6-18(15)19/h3-9,11,14H,10,12H2,1-2H3,(H,23,26)(H,24,25,27). The summed E-state index contributed by atoms with van der Waals surface area (Å²) in [5.41, 5.74) is 5.78. The maximum absolute atomic E-state index is 12.3. The normalized spacial score (nSPS) is 12.8. The van der Waals surface area contributed by atoms with Crippen LogP contribution in [0.4, 0.5) is 11.5 Å². The fourth-order valence-corrected chi connectivity index (χ4v) is 4.03. The van der Waals surface area contributed by atoms with Gasteiger partial charge in [0, 0.05) is 11.8 Å². The maximum Gasteiger partial charge on any atom is 0.238 e. The Kier molecular flexibility index (Phi) is 5.40. The van der Waals surface area contributed by atoms with E-state index in [4.69, 9.17) is 4.52 Å². The molecule has 29 heavy (non-hydrogen) atoms. The van der Waals surface area contributed by atoms with Gasteiger partial charge in [-0.1, -0.05) is 35.5 Å². The van der Waals surface area contributed by atoms with Crippen LogP contribution in [0, 0.1) is 6.92 Å². The zero-order chi connectivity index (χ0) is 20.4. The first-order valence-electron chi connectivity index (χ1n) is 9.36. The highest BCUT2D eigenvalue weighted by Crippen LogP contribution is 2.37. The Morgan fingerprint density at radius 2 is 1.90 bits per heavy atom. The molecule has 4 rings (SSSR count). The number of amides is 2. The van der Waals surface area contributed by atoms with E-state index in [0.29, 0.717) is 11.6 Å². The average molecular weight is 407 g/mol. The average Bonchev–Trinajstić information content (AvgIpc) is 3.28. The molecule has 1 unspecified atom stereocenters. The lowest BCUT2D eigenvalue weighted by molar-refractivity contribution is -0.115. The van der Waals surface area contributed by atoms with Crippen molar-refractivity contribution in [2.24, 2.45) is 0 Å². The highest BCUT2D eigenvalue weighted by molar-refractivity contribution is 8.01. The second-order valence-corrected chi connectivity index (χ2v) is 8.35. The van der Waals surface area contributed by atoms with Crippen LogP contribution in [0.1, 0.15) is 23.8 Å². The Morgan fingerprint density at radius 1 is 1.10 bits per heavy atom. The molecule has 1 heterocycles. The first-order chi connectivity index (χ1) is 14.0. The smallest absolute Gasteiger partial charge is 0.238 e. The zero-order valence-electron chi connectivity index (χ0n) is 16.2. The van der Waals surface area contributed by atoms with Crippen LogP contribution in [-0.4, -0.2) is 28.0 Å². The van der Waals surface area contributed by atoms with Crippen LogP contribution in [0.5, 0.6) is 0 Å². The first kappa shape index (κ1) is 19.3. The third-order valence-corrected chi connectivity index (χ3v) is 5.93. The van der Waals surface area contributed by atoms with Gasteiger partial charge in [0.1, 0.15) is 5.76 Å². The van der Waals surface area contributed by atoms with Gasteiger partial charge in [-0.05, 0) is 54.7 Å². The number of aromatic nitrogens is 1. The Balaban J connectivity index is 1.30. The van der Waals surface area contributed by atoms with E-state index in [1.807, 2.05) is 24.3 Å². The van der Waals surface area contributed by atoms with E-state index in [-0.39, 0.29) is 17.6 Å². The van der Waals surface area contributed by atoms with Gasteiger partial charge in [0.05, 0.1) is 11.0 Å². The number of benzene rings is 2. The molecule has 1 aliphatic carbocycles. The number of rotatable bonds is 6. The second-order valence-electron chi connectivity index (χ2n) is 7.02. The minimum absolute atomic E-state index is 0.137. The minimum Gasteiger partial charge on any atom is -0.360 e. The zero-order valence-corrected chi connectivity index (χ0v) is 17.0. The number of hydrogen-bond donors (Lipinski definition) is 2. The van der Waals surface area contributed by atoms with Gasteiger partial charge >= 0.3 is 0 Å². The lowest BCUT2D eigenvalue weighted by atomic mass is 10.1. The molecule has 3 aromatic rings. The van der Waals surface area contributed by atoms with Crippen molar-refractivity contribution in [1.82, 2.24) is 5.16 Å². The first-order valence-corrected chi connectivity index (χ1v) is 10.4. The molecule has 1 aromatic heterocycles. The Labute approximate surface area is 173 Å². The number of aryl methyl sites for hydroxylation is 1. The van der Waals surface area contributed by atoms with Crippen molar-refractivity contribution in [3.63, 3.8) is 0 Å². The predicted molar refractivity (Wildman–Crippen MR) is 115 cm³/mol. The molecule has 0 radical (unpaired) electrons. The molecule has 0 saturated carbocycles. The van der Waals surface area contributed by atoms with E-state index in [2.05, 4.69) is 34.0 Å². The van der Waals surface area contributed by atoms with Gasteiger partial charge < -0.3 is 15.2 Å². The Bertz CT molecular complexity index is 1080. The van der Waals surface area contributed by atoms with Crippen molar-refractivity contribution in [1.29, 1.82) is 0 Å². The molecule has 0 saturated heterocycles. The number of anilines is 2. The Hall–Kier alpha value is -3.06. The fraction of sp³-hybridized carbons (Fsp3) is 0.227. The molecule has 7 heteroatoms. The van der Waals surface area contributed by atoms with Crippen molar-refractivity contribution in [2.75, 3.05) is 16.4 Å². The van der Waals surface area contributed by atoms with E-state index in [1.54, 1.807) is 19.9 Å². The summed E-state index contributed by atoms with van der Waals surface area (Å²) in [4.78, 5) is 24.5. The largest absolute Gasteiger partial charge is 0.360 e. The molecule has 2 N–H and O–H groups in total. The summed E-state index contributed by atoms with van der Waals surface area (Å²) in [6, 6.07) is 16.0. The van der Waals surface area contributed by atoms with E-state index >= 15 is 0 Å². The molecular formula is C22H21N3O3S. The van der Waals surface area contributed by atoms with Gasteiger partial charge in [0.15, 0.2) is 5.82 Å². The third-order valence-electron chi connectivity index (χ3n) is 4.79. The van der Waals surface area contributed by atoms with Crippen LogP contribution in [0.2, 0.25) is 0 Å². The molecule has 0 bridgehead atoms. The van der Waals surface area contributed by atoms with Gasteiger partial charge in [-0.15, -0.1) is 11.8 Å². The van der Waals surface area contributed by atoms with Gasteiger partial charge in [0.2, 0.25) is 11.8 Å². The number of fused-ring (bicyclic) bond motifs is 3. The van der Waals surface area contributed by atoms with Gasteiger partial charge in [-0.3, -0.25) is 9.59 Å². The van der Waals surface area contributed by atoms with Crippen molar-refractivity contribution in [2.45, 2.75) is 25.5 Å². The maximum atomic E-state index is 12.3. The minimum atomic E-state index is -0.396. The monoisotopic (exact) mass is 407 g/mol. The van der Waals surface area contributed by atoms with Gasteiger partial charge in [-0.25, -0.2) is 0 Å². The van der Waals surface area contributed by atoms with E-state index in [9.17, 15) is 9.59 Å². The number of thioether (sulfide) groups is 1. The summed E-state index contributed by atoms with van der Waals surface area (Å²) in [6.07, 6.45) is 0.878. The lowest BCUT2D eigenvalue weighted by Gasteiger charge is -2.11. The van der Waals surface area contributed by atoms with E-state index < -0.39 is 5.25 Å². The molecule has 6 nitrogen and oxygen atoms in total. The molecule has 1 aliphatic rings. The predicted octanol–water partition coefficient (Wildman–Crippen LogP) is 4.25. The van der Waals surface area contributed by atoms with Crippen LogP contribution < -0.4 is 10.6 Å². The molecule has 2 amide bonds. The molecule has 0 aliphatic heterocycles. The van der Waals surface area contributed by atoms with Crippen molar-refractivity contribution in [3.05, 3.63) is 65.4 Å². The van der Waals surface area contributed by atoms with E-state index in [1.165, 1.54) is 34.0 Å². The summed E-state index contributed by atoms with van der Waals surface area (Å²) < 4.78 is 4.93. The molecule has 148 valence electrons. The molecule has 2 aromatic carbocycles. The number of carbonyl (C=O) groups is 2. The summed E-state index contributed by atoms with van der Waals surface area (Å²) in [7, 11) is 0. The number of carbonyl (C=O) groups excluding carboxylic acids is 2. The highest BCUT2D eigenvalue weighted by atomic mass is 32.2. The third kappa shape index (κ3) is 4.35. The lowest BCUT2D eigenvalue weighted by Crippen LogP contribution is -2.25. The van der Waals surface area contributed by atoms with Gasteiger partial charge in [0.25, 0.3) is 0 Å². The molecular weight excluding hydrogens is 386 g/mol. The van der Waals surface area contributed by atoms with Crippen LogP contribution in [0.3, 0.4) is 0 Å². The van der Waals surface area contributed by atoms with Crippen molar-refractivity contribution >= 4 is 35.1 Å². The van der Waals surface area contributed by atoms with Crippen LogP contribution in [-0.2, 0) is 16.0 Å².